The van der Waals surface area contributed by atoms with Gasteiger partial charge in [0.15, 0.2) is 0 Å². The Hall–Kier alpha value is -1.36. The first-order valence-corrected chi connectivity index (χ1v) is 5.13. The van der Waals surface area contributed by atoms with E-state index in [4.69, 9.17) is 0 Å². The number of aromatic nitrogens is 2. The lowest BCUT2D eigenvalue weighted by Gasteiger charge is -2.08. The molecule has 1 aromatic rings. The van der Waals surface area contributed by atoms with Crippen LogP contribution in [0.15, 0.2) is 6.20 Å². The Labute approximate surface area is 89.6 Å². The van der Waals surface area contributed by atoms with E-state index in [9.17, 15) is 4.79 Å². The van der Waals surface area contributed by atoms with Gasteiger partial charge in [-0.1, -0.05) is 13.8 Å². The lowest BCUT2D eigenvalue weighted by molar-refractivity contribution is 0.0953. The standard InChI is InChI=1S/C10H18N4O/c1-7(2)11-4-5-12-10(15)9-6-13-14-8(9)3/h6-7,11H,4-5H2,1-3H3,(H,12,15)(H,13,14). The van der Waals surface area contributed by atoms with Crippen molar-refractivity contribution in [2.45, 2.75) is 26.8 Å². The Morgan fingerprint density at radius 3 is 2.80 bits per heavy atom. The van der Waals surface area contributed by atoms with Crippen LogP contribution in [0.4, 0.5) is 0 Å². The number of nitrogens with one attached hydrogen (secondary N) is 3. The molecule has 0 aliphatic carbocycles. The number of hydrogen-bond acceptors (Lipinski definition) is 3. The molecule has 1 heterocycles. The molecule has 0 saturated heterocycles. The molecule has 0 saturated carbocycles. The SMILES string of the molecule is Cc1[nH]ncc1C(=O)NCCNC(C)C. The summed E-state index contributed by atoms with van der Waals surface area (Å²) in [5.41, 5.74) is 1.41. The third kappa shape index (κ3) is 3.71. The first-order chi connectivity index (χ1) is 7.11. The van der Waals surface area contributed by atoms with Gasteiger partial charge in [-0.05, 0) is 6.92 Å². The number of aryl methyl sites for hydroxylation is 1. The van der Waals surface area contributed by atoms with E-state index < -0.39 is 0 Å². The normalized spacial score (nSPS) is 10.7. The molecule has 0 aliphatic heterocycles. The molecule has 0 atom stereocenters. The molecule has 5 nitrogen and oxygen atoms in total. The lowest BCUT2D eigenvalue weighted by atomic mass is 10.2. The van der Waals surface area contributed by atoms with Crippen LogP contribution in [0, 0.1) is 6.92 Å². The molecule has 0 bridgehead atoms. The maximum Gasteiger partial charge on any atom is 0.254 e. The highest BCUT2D eigenvalue weighted by Crippen LogP contribution is 2.00. The van der Waals surface area contributed by atoms with Crippen molar-refractivity contribution in [2.75, 3.05) is 13.1 Å². The highest BCUT2D eigenvalue weighted by atomic mass is 16.1. The summed E-state index contributed by atoms with van der Waals surface area (Å²) in [6.45, 7) is 7.38. The van der Waals surface area contributed by atoms with E-state index in [1.54, 1.807) is 6.20 Å². The van der Waals surface area contributed by atoms with Crippen molar-refractivity contribution in [3.63, 3.8) is 0 Å². The summed E-state index contributed by atoms with van der Waals surface area (Å²) >= 11 is 0. The molecule has 0 aromatic carbocycles. The summed E-state index contributed by atoms with van der Waals surface area (Å²) in [6.07, 6.45) is 1.54. The monoisotopic (exact) mass is 210 g/mol. The fourth-order valence-electron chi connectivity index (χ4n) is 1.21. The summed E-state index contributed by atoms with van der Waals surface area (Å²) in [5, 5.41) is 12.6. The van der Waals surface area contributed by atoms with E-state index in [0.717, 1.165) is 12.2 Å². The van der Waals surface area contributed by atoms with Crippen molar-refractivity contribution in [1.29, 1.82) is 0 Å². The number of aromatic amines is 1. The van der Waals surface area contributed by atoms with Crippen LogP contribution in [0.5, 0.6) is 0 Å². The van der Waals surface area contributed by atoms with Crippen LogP contribution >= 0.6 is 0 Å². The van der Waals surface area contributed by atoms with E-state index in [0.29, 0.717) is 18.2 Å². The van der Waals surface area contributed by atoms with Crippen LogP contribution in [0.2, 0.25) is 0 Å². The van der Waals surface area contributed by atoms with E-state index >= 15 is 0 Å². The molecule has 3 N–H and O–H groups in total. The molecule has 0 spiro atoms. The fourth-order valence-corrected chi connectivity index (χ4v) is 1.21. The van der Waals surface area contributed by atoms with Crippen molar-refractivity contribution in [1.82, 2.24) is 20.8 Å². The number of carbonyl (C=O) groups excluding carboxylic acids is 1. The topological polar surface area (TPSA) is 69.8 Å². The van der Waals surface area contributed by atoms with Gasteiger partial charge in [-0.2, -0.15) is 5.10 Å². The van der Waals surface area contributed by atoms with Gasteiger partial charge >= 0.3 is 0 Å². The maximum absolute atomic E-state index is 11.6. The predicted octanol–water partition coefficient (Wildman–Crippen LogP) is 0.446. The van der Waals surface area contributed by atoms with Gasteiger partial charge in [0.2, 0.25) is 0 Å². The number of H-pyrrole nitrogens is 1. The van der Waals surface area contributed by atoms with E-state index in [-0.39, 0.29) is 5.91 Å². The van der Waals surface area contributed by atoms with E-state index in [1.807, 2.05) is 6.92 Å². The molecule has 0 fully saturated rings. The minimum atomic E-state index is -0.0770. The number of hydrogen-bond donors (Lipinski definition) is 3. The summed E-state index contributed by atoms with van der Waals surface area (Å²) in [7, 11) is 0. The quantitative estimate of drug-likeness (QED) is 0.618. The predicted molar refractivity (Wildman–Crippen MR) is 58.8 cm³/mol. The molecule has 84 valence electrons. The highest BCUT2D eigenvalue weighted by molar-refractivity contribution is 5.94. The average Bonchev–Trinajstić information content (AvgIpc) is 2.58. The van der Waals surface area contributed by atoms with Crippen LogP contribution in [0.25, 0.3) is 0 Å². The molecule has 0 aliphatic rings. The van der Waals surface area contributed by atoms with E-state index in [1.165, 1.54) is 0 Å². The second-order valence-corrected chi connectivity index (χ2v) is 3.77. The molecular weight excluding hydrogens is 192 g/mol. The second-order valence-electron chi connectivity index (χ2n) is 3.77. The maximum atomic E-state index is 11.6. The van der Waals surface area contributed by atoms with Crippen LogP contribution in [0.3, 0.4) is 0 Å². The number of nitrogens with zero attached hydrogens (tertiary/aromatic N) is 1. The molecule has 0 unspecified atom stereocenters. The van der Waals surface area contributed by atoms with Gasteiger partial charge in [-0.15, -0.1) is 0 Å². The first-order valence-electron chi connectivity index (χ1n) is 5.13. The van der Waals surface area contributed by atoms with Crippen LogP contribution in [0.1, 0.15) is 29.9 Å². The third-order valence-electron chi connectivity index (χ3n) is 2.04. The third-order valence-corrected chi connectivity index (χ3v) is 2.04. The zero-order valence-electron chi connectivity index (χ0n) is 9.42. The van der Waals surface area contributed by atoms with Crippen LogP contribution in [-0.4, -0.2) is 35.2 Å². The summed E-state index contributed by atoms with van der Waals surface area (Å²) in [4.78, 5) is 11.6. The zero-order chi connectivity index (χ0) is 11.3. The van der Waals surface area contributed by atoms with Gasteiger partial charge < -0.3 is 10.6 Å². The summed E-state index contributed by atoms with van der Waals surface area (Å²) in [5.74, 6) is -0.0770. The van der Waals surface area contributed by atoms with Gasteiger partial charge in [0.05, 0.1) is 11.8 Å². The smallest absolute Gasteiger partial charge is 0.254 e. The molecule has 1 rings (SSSR count). The lowest BCUT2D eigenvalue weighted by Crippen LogP contribution is -2.34. The fraction of sp³-hybridized carbons (Fsp3) is 0.600. The Balaban J connectivity index is 2.28. The second kappa shape index (κ2) is 5.50. The molecule has 1 amide bonds. The first kappa shape index (κ1) is 11.7. The molecular formula is C10H18N4O. The number of carbonyl (C=O) groups is 1. The summed E-state index contributed by atoms with van der Waals surface area (Å²) < 4.78 is 0. The van der Waals surface area contributed by atoms with Crippen molar-refractivity contribution < 1.29 is 4.79 Å². The minimum absolute atomic E-state index is 0.0770. The van der Waals surface area contributed by atoms with Crippen molar-refractivity contribution >= 4 is 5.91 Å². The number of rotatable bonds is 5. The molecule has 0 radical (unpaired) electrons. The minimum Gasteiger partial charge on any atom is -0.351 e. The largest absolute Gasteiger partial charge is 0.351 e. The van der Waals surface area contributed by atoms with E-state index in [2.05, 4.69) is 34.7 Å². The van der Waals surface area contributed by atoms with Crippen molar-refractivity contribution in [3.8, 4) is 0 Å². The van der Waals surface area contributed by atoms with Crippen LogP contribution < -0.4 is 10.6 Å². The highest BCUT2D eigenvalue weighted by Gasteiger charge is 2.09. The van der Waals surface area contributed by atoms with Crippen molar-refractivity contribution in [3.05, 3.63) is 17.5 Å². The Kier molecular flexibility index (Phi) is 4.30. The Morgan fingerprint density at radius 2 is 2.27 bits per heavy atom. The molecule has 1 aromatic heterocycles. The van der Waals surface area contributed by atoms with Crippen molar-refractivity contribution in [2.24, 2.45) is 0 Å². The average molecular weight is 210 g/mol. The van der Waals surface area contributed by atoms with Gasteiger partial charge in [-0.25, -0.2) is 0 Å². The molecule has 5 heteroatoms. The van der Waals surface area contributed by atoms with Gasteiger partial charge in [0, 0.05) is 24.8 Å². The van der Waals surface area contributed by atoms with Gasteiger partial charge in [0.25, 0.3) is 5.91 Å². The number of amides is 1. The zero-order valence-corrected chi connectivity index (χ0v) is 9.42. The molecule has 15 heavy (non-hydrogen) atoms. The van der Waals surface area contributed by atoms with Gasteiger partial charge in [-0.3, -0.25) is 9.89 Å². The Bertz CT molecular complexity index is 319. The van der Waals surface area contributed by atoms with Gasteiger partial charge in [0.1, 0.15) is 0 Å². The van der Waals surface area contributed by atoms with Crippen LogP contribution in [-0.2, 0) is 0 Å². The Morgan fingerprint density at radius 1 is 1.53 bits per heavy atom. The summed E-state index contributed by atoms with van der Waals surface area (Å²) in [6, 6.07) is 0.442.